The van der Waals surface area contributed by atoms with E-state index in [1.54, 1.807) is 7.11 Å². The van der Waals surface area contributed by atoms with Gasteiger partial charge in [-0.3, -0.25) is 4.79 Å². The molecule has 3 aromatic carbocycles. The molecule has 0 radical (unpaired) electrons. The van der Waals surface area contributed by atoms with Crippen LogP contribution in [-0.4, -0.2) is 25.8 Å². The summed E-state index contributed by atoms with van der Waals surface area (Å²) in [6.45, 7) is 0.788. The van der Waals surface area contributed by atoms with Gasteiger partial charge in [0.2, 0.25) is 5.91 Å². The fraction of sp³-hybridized carbons (Fsp3) is 0.231. The average Bonchev–Trinajstić information content (AvgIpc) is 3.57. The molecule has 1 atom stereocenters. The van der Waals surface area contributed by atoms with E-state index in [2.05, 4.69) is 29.6 Å². The lowest BCUT2D eigenvalue weighted by Crippen LogP contribution is -2.30. The molecule has 1 aliphatic carbocycles. The molecule has 1 saturated carbocycles. The summed E-state index contributed by atoms with van der Waals surface area (Å²) in [5.41, 5.74) is 3.28. The van der Waals surface area contributed by atoms with Crippen LogP contribution >= 0.6 is 0 Å². The predicted molar refractivity (Wildman–Crippen MR) is 118 cm³/mol. The molecule has 0 bridgehead atoms. The first-order valence-electron chi connectivity index (χ1n) is 10.1. The summed E-state index contributed by atoms with van der Waals surface area (Å²) >= 11 is 0. The molecular formula is C26H27NO3. The van der Waals surface area contributed by atoms with Crippen molar-refractivity contribution in [1.82, 2.24) is 5.32 Å². The van der Waals surface area contributed by atoms with Crippen molar-refractivity contribution in [3.05, 3.63) is 108 Å². The molecular weight excluding hydrogens is 374 g/mol. The second-order valence-electron chi connectivity index (χ2n) is 7.29. The van der Waals surface area contributed by atoms with E-state index < -0.39 is 0 Å². The lowest BCUT2D eigenvalue weighted by atomic mass is 9.85. The lowest BCUT2D eigenvalue weighted by Gasteiger charge is -2.18. The normalized spacial score (nSPS) is 16.0. The number of methoxy groups -OCH3 is 1. The van der Waals surface area contributed by atoms with E-state index in [1.165, 1.54) is 5.56 Å². The Morgan fingerprint density at radius 3 is 1.90 bits per heavy atom. The van der Waals surface area contributed by atoms with E-state index in [9.17, 15) is 9.59 Å². The third-order valence-corrected chi connectivity index (χ3v) is 5.37. The zero-order valence-corrected chi connectivity index (χ0v) is 17.2. The van der Waals surface area contributed by atoms with Crippen LogP contribution in [0.15, 0.2) is 91.0 Å². The van der Waals surface area contributed by atoms with Gasteiger partial charge in [0, 0.05) is 12.5 Å². The number of hydrogen-bond donors (Lipinski definition) is 1. The van der Waals surface area contributed by atoms with Gasteiger partial charge in [0.1, 0.15) is 6.29 Å². The topological polar surface area (TPSA) is 55.4 Å². The molecule has 0 heterocycles. The SMILES string of the molecule is COCc1ccccc1.O=CCNC(=O)C1CC1(c1ccccc1)c1ccccc1. The van der Waals surface area contributed by atoms with Gasteiger partial charge in [-0.05, 0) is 23.1 Å². The van der Waals surface area contributed by atoms with E-state index in [0.717, 1.165) is 17.5 Å². The van der Waals surface area contributed by atoms with Gasteiger partial charge >= 0.3 is 0 Å². The Bertz CT molecular complexity index is 887. The quantitative estimate of drug-likeness (QED) is 0.606. The maximum Gasteiger partial charge on any atom is 0.224 e. The Hall–Kier alpha value is -3.24. The number of amides is 1. The summed E-state index contributed by atoms with van der Waals surface area (Å²) in [6, 6.07) is 30.3. The van der Waals surface area contributed by atoms with Crippen LogP contribution in [0.5, 0.6) is 0 Å². The molecule has 1 N–H and O–H groups in total. The van der Waals surface area contributed by atoms with Crippen LogP contribution in [0.2, 0.25) is 0 Å². The first kappa shape index (κ1) is 21.5. The Kier molecular flexibility index (Phi) is 7.52. The number of ether oxygens (including phenoxy) is 1. The molecule has 1 aliphatic rings. The molecule has 30 heavy (non-hydrogen) atoms. The van der Waals surface area contributed by atoms with Crippen LogP contribution in [0.4, 0.5) is 0 Å². The molecule has 4 nitrogen and oxygen atoms in total. The maximum absolute atomic E-state index is 12.3. The minimum Gasteiger partial charge on any atom is -0.380 e. The fourth-order valence-electron chi connectivity index (χ4n) is 3.86. The van der Waals surface area contributed by atoms with Crippen molar-refractivity contribution >= 4 is 12.2 Å². The second kappa shape index (κ2) is 10.5. The summed E-state index contributed by atoms with van der Waals surface area (Å²) in [6.07, 6.45) is 1.50. The van der Waals surface area contributed by atoms with Crippen LogP contribution in [0.3, 0.4) is 0 Å². The number of aldehydes is 1. The van der Waals surface area contributed by atoms with Gasteiger partial charge in [-0.1, -0.05) is 91.0 Å². The highest BCUT2D eigenvalue weighted by molar-refractivity contribution is 5.87. The summed E-state index contributed by atoms with van der Waals surface area (Å²) < 4.78 is 4.93. The number of carbonyl (C=O) groups excluding carboxylic acids is 2. The Morgan fingerprint density at radius 2 is 1.43 bits per heavy atom. The highest BCUT2D eigenvalue weighted by atomic mass is 16.5. The van der Waals surface area contributed by atoms with Crippen molar-refractivity contribution in [3.63, 3.8) is 0 Å². The number of nitrogens with one attached hydrogen (secondary N) is 1. The van der Waals surface area contributed by atoms with E-state index in [-0.39, 0.29) is 23.8 Å². The smallest absolute Gasteiger partial charge is 0.224 e. The van der Waals surface area contributed by atoms with Crippen molar-refractivity contribution in [3.8, 4) is 0 Å². The monoisotopic (exact) mass is 401 g/mol. The number of carbonyl (C=O) groups is 2. The fourth-order valence-corrected chi connectivity index (χ4v) is 3.86. The van der Waals surface area contributed by atoms with Crippen LogP contribution in [0.1, 0.15) is 23.1 Å². The van der Waals surface area contributed by atoms with Crippen molar-refractivity contribution in [2.75, 3.05) is 13.7 Å². The first-order chi connectivity index (χ1) is 14.7. The largest absolute Gasteiger partial charge is 0.380 e. The molecule has 0 aliphatic heterocycles. The highest BCUT2D eigenvalue weighted by Crippen LogP contribution is 2.58. The van der Waals surface area contributed by atoms with Crippen molar-refractivity contribution in [2.45, 2.75) is 18.4 Å². The standard InChI is InChI=1S/C18H17NO2.C8H10O/c20-12-11-19-17(21)16-13-18(16,14-7-3-1-4-8-14)15-9-5-2-6-10-15;1-9-7-8-5-3-2-4-6-8/h1-10,12,16H,11,13H2,(H,19,21);2-6H,7H2,1H3. The zero-order chi connectivity index (χ0) is 21.2. The van der Waals surface area contributed by atoms with Crippen LogP contribution < -0.4 is 5.32 Å². The molecule has 1 fully saturated rings. The molecule has 4 heteroatoms. The second-order valence-corrected chi connectivity index (χ2v) is 7.29. The van der Waals surface area contributed by atoms with Gasteiger partial charge in [0.25, 0.3) is 0 Å². The van der Waals surface area contributed by atoms with E-state index in [1.807, 2.05) is 66.7 Å². The lowest BCUT2D eigenvalue weighted by molar-refractivity contribution is -0.123. The molecule has 0 aromatic heterocycles. The Morgan fingerprint density at radius 1 is 0.933 bits per heavy atom. The van der Waals surface area contributed by atoms with E-state index in [4.69, 9.17) is 4.74 Å². The number of rotatable bonds is 7. The third kappa shape index (κ3) is 5.02. The molecule has 0 spiro atoms. The van der Waals surface area contributed by atoms with Crippen LogP contribution in [0, 0.1) is 5.92 Å². The molecule has 3 aromatic rings. The van der Waals surface area contributed by atoms with Gasteiger partial charge in [-0.2, -0.15) is 0 Å². The van der Waals surface area contributed by atoms with Gasteiger partial charge in [0.05, 0.1) is 19.1 Å². The van der Waals surface area contributed by atoms with Gasteiger partial charge in [-0.15, -0.1) is 0 Å². The minimum atomic E-state index is -0.254. The number of hydrogen-bond acceptors (Lipinski definition) is 3. The molecule has 1 unspecified atom stereocenters. The summed E-state index contributed by atoms with van der Waals surface area (Å²) in [5, 5.41) is 2.68. The van der Waals surface area contributed by atoms with E-state index in [0.29, 0.717) is 12.9 Å². The molecule has 154 valence electrons. The molecule has 0 saturated heterocycles. The van der Waals surface area contributed by atoms with E-state index >= 15 is 0 Å². The van der Waals surface area contributed by atoms with Gasteiger partial charge < -0.3 is 14.8 Å². The Labute approximate surface area is 177 Å². The van der Waals surface area contributed by atoms with Gasteiger partial charge in [-0.25, -0.2) is 0 Å². The van der Waals surface area contributed by atoms with Crippen molar-refractivity contribution in [1.29, 1.82) is 0 Å². The summed E-state index contributed by atoms with van der Waals surface area (Å²) in [5.74, 6) is -0.156. The average molecular weight is 402 g/mol. The van der Waals surface area contributed by atoms with Crippen LogP contribution in [-0.2, 0) is 26.3 Å². The molecule has 1 amide bonds. The summed E-state index contributed by atoms with van der Waals surface area (Å²) in [7, 11) is 1.70. The third-order valence-electron chi connectivity index (χ3n) is 5.37. The zero-order valence-electron chi connectivity index (χ0n) is 17.2. The first-order valence-corrected chi connectivity index (χ1v) is 10.1. The summed E-state index contributed by atoms with van der Waals surface area (Å²) in [4.78, 5) is 22.7. The van der Waals surface area contributed by atoms with Crippen molar-refractivity contribution in [2.24, 2.45) is 5.92 Å². The molecule has 4 rings (SSSR count). The predicted octanol–water partition coefficient (Wildman–Crippen LogP) is 4.14. The highest BCUT2D eigenvalue weighted by Gasteiger charge is 2.59. The minimum absolute atomic E-state index is 0.0465. The Balaban J connectivity index is 0.000000239. The van der Waals surface area contributed by atoms with Crippen LogP contribution in [0.25, 0.3) is 0 Å². The van der Waals surface area contributed by atoms with Gasteiger partial charge in [0.15, 0.2) is 0 Å². The number of benzene rings is 3. The maximum atomic E-state index is 12.3. The van der Waals surface area contributed by atoms with Crippen molar-refractivity contribution < 1.29 is 14.3 Å².